The number of H-pyrrole nitrogens is 1. The van der Waals surface area contributed by atoms with Crippen LogP contribution in [0.25, 0.3) is 32.0 Å². The number of ether oxygens (including phenoxy) is 2. The van der Waals surface area contributed by atoms with Gasteiger partial charge in [0.2, 0.25) is 0 Å². The van der Waals surface area contributed by atoms with Gasteiger partial charge < -0.3 is 25.3 Å². The molecule has 5 aromatic rings. The molecule has 5 N–H and O–H groups in total. The van der Waals surface area contributed by atoms with Crippen LogP contribution in [-0.4, -0.2) is 35.8 Å². The lowest BCUT2D eigenvalue weighted by Gasteiger charge is -2.12. The molecule has 2 aromatic carbocycles. The molecule has 8 heteroatoms. The van der Waals surface area contributed by atoms with Crippen molar-refractivity contribution in [3.05, 3.63) is 59.1 Å². The van der Waals surface area contributed by atoms with Gasteiger partial charge in [0.05, 0.1) is 30.3 Å². The van der Waals surface area contributed by atoms with E-state index >= 15 is 0 Å². The molecule has 0 fully saturated rings. The fraction of sp³-hybridized carbons (Fsp3) is 0.208. The Morgan fingerprint density at radius 2 is 1.91 bits per heavy atom. The quantitative estimate of drug-likeness (QED) is 0.276. The summed E-state index contributed by atoms with van der Waals surface area (Å²) in [5.74, 6) is 1.25. The first-order valence-electron chi connectivity index (χ1n) is 10.3. The Hall–Kier alpha value is -3.33. The Bertz CT molecular complexity index is 1430. The molecule has 0 saturated carbocycles. The number of aliphatic hydroxyl groups is 1. The van der Waals surface area contributed by atoms with Gasteiger partial charge in [-0.05, 0) is 30.2 Å². The number of nitrogen functional groups attached to an aromatic ring is 1. The molecule has 1 atom stereocenters. The first kappa shape index (κ1) is 20.6. The van der Waals surface area contributed by atoms with Crippen molar-refractivity contribution < 1.29 is 14.6 Å². The molecular formula is C24H24N4O3S. The molecule has 0 saturated heterocycles. The summed E-state index contributed by atoms with van der Waals surface area (Å²) in [6.07, 6.45) is 1.93. The van der Waals surface area contributed by atoms with E-state index in [9.17, 15) is 5.11 Å². The third-order valence-electron chi connectivity index (χ3n) is 5.70. The van der Waals surface area contributed by atoms with E-state index < -0.39 is 6.23 Å². The predicted molar refractivity (Wildman–Crippen MR) is 130 cm³/mol. The number of hydrogen-bond acceptors (Lipinski definition) is 7. The highest BCUT2D eigenvalue weighted by Gasteiger charge is 2.19. The second kappa shape index (κ2) is 8.31. The normalized spacial score (nSPS) is 12.6. The van der Waals surface area contributed by atoms with Gasteiger partial charge in [-0.15, -0.1) is 11.3 Å². The molecule has 0 spiro atoms. The minimum absolute atomic E-state index is 0.543. The van der Waals surface area contributed by atoms with Crippen LogP contribution in [0.4, 0.5) is 5.69 Å². The number of anilines is 1. The maximum Gasteiger partial charge on any atom is 0.162 e. The van der Waals surface area contributed by atoms with Gasteiger partial charge in [0.1, 0.15) is 11.1 Å². The number of nitrogens with zero attached hydrogens (tertiary/aromatic N) is 1. The summed E-state index contributed by atoms with van der Waals surface area (Å²) >= 11 is 1.39. The first-order valence-corrected chi connectivity index (χ1v) is 11.1. The SMILES string of the molecule is COc1cc2cc3c(N)c(C(O)NCCc4c[nH]c5ccccc45)sc3nc2cc1OC. The first-order chi connectivity index (χ1) is 15.6. The van der Waals surface area contributed by atoms with Crippen molar-refractivity contribution in [2.45, 2.75) is 12.6 Å². The van der Waals surface area contributed by atoms with Crippen molar-refractivity contribution in [1.29, 1.82) is 0 Å². The summed E-state index contributed by atoms with van der Waals surface area (Å²) in [4.78, 5) is 9.46. The number of thiophene rings is 1. The highest BCUT2D eigenvalue weighted by atomic mass is 32.1. The molecule has 0 amide bonds. The summed E-state index contributed by atoms with van der Waals surface area (Å²) in [6, 6.07) is 13.9. The largest absolute Gasteiger partial charge is 0.493 e. The molecule has 32 heavy (non-hydrogen) atoms. The molecular weight excluding hydrogens is 424 g/mol. The van der Waals surface area contributed by atoms with E-state index in [1.165, 1.54) is 22.3 Å². The highest BCUT2D eigenvalue weighted by molar-refractivity contribution is 7.19. The van der Waals surface area contributed by atoms with Crippen molar-refractivity contribution >= 4 is 49.0 Å². The van der Waals surface area contributed by atoms with E-state index in [1.807, 2.05) is 36.5 Å². The van der Waals surface area contributed by atoms with Crippen molar-refractivity contribution in [3.8, 4) is 11.5 Å². The Balaban J connectivity index is 1.39. The third-order valence-corrected chi connectivity index (χ3v) is 6.87. The van der Waals surface area contributed by atoms with Gasteiger partial charge >= 0.3 is 0 Å². The zero-order chi connectivity index (χ0) is 22.2. The highest BCUT2D eigenvalue weighted by Crippen LogP contribution is 2.39. The van der Waals surface area contributed by atoms with Gasteiger partial charge in [0.15, 0.2) is 11.5 Å². The lowest BCUT2D eigenvalue weighted by atomic mass is 10.1. The number of aliphatic hydroxyl groups excluding tert-OH is 1. The molecule has 7 nitrogen and oxygen atoms in total. The number of aromatic amines is 1. The van der Waals surface area contributed by atoms with Crippen LogP contribution in [0.1, 0.15) is 16.7 Å². The van der Waals surface area contributed by atoms with Crippen LogP contribution in [0.5, 0.6) is 11.5 Å². The predicted octanol–water partition coefficient (Wildman–Crippen LogP) is 4.35. The summed E-state index contributed by atoms with van der Waals surface area (Å²) < 4.78 is 10.8. The van der Waals surface area contributed by atoms with E-state index in [1.54, 1.807) is 14.2 Å². The Morgan fingerprint density at radius 1 is 1.12 bits per heavy atom. The fourth-order valence-corrected chi connectivity index (χ4v) is 5.07. The Labute approximate surface area is 188 Å². The van der Waals surface area contributed by atoms with Crippen LogP contribution in [0.2, 0.25) is 0 Å². The average molecular weight is 449 g/mol. The number of benzene rings is 2. The van der Waals surface area contributed by atoms with E-state index in [4.69, 9.17) is 20.2 Å². The molecule has 0 aliphatic heterocycles. The maximum atomic E-state index is 10.8. The molecule has 0 aliphatic rings. The topological polar surface area (TPSA) is 105 Å². The number of pyridine rings is 1. The number of methoxy groups -OCH3 is 2. The summed E-state index contributed by atoms with van der Waals surface area (Å²) in [5.41, 5.74) is 10.1. The van der Waals surface area contributed by atoms with E-state index in [-0.39, 0.29) is 0 Å². The Kier molecular flexibility index (Phi) is 5.34. The summed E-state index contributed by atoms with van der Waals surface area (Å²) in [7, 11) is 3.20. The van der Waals surface area contributed by atoms with Crippen LogP contribution in [0.3, 0.4) is 0 Å². The molecule has 1 unspecified atom stereocenters. The molecule has 3 heterocycles. The monoisotopic (exact) mass is 448 g/mol. The molecule has 164 valence electrons. The lowest BCUT2D eigenvalue weighted by molar-refractivity contribution is 0.144. The second-order valence-corrected chi connectivity index (χ2v) is 8.62. The molecule has 3 aromatic heterocycles. The number of para-hydroxylation sites is 1. The molecule has 0 aliphatic carbocycles. The fourth-order valence-electron chi connectivity index (χ4n) is 4.02. The van der Waals surface area contributed by atoms with Crippen LogP contribution in [0.15, 0.2) is 48.7 Å². The second-order valence-electron chi connectivity index (χ2n) is 7.59. The van der Waals surface area contributed by atoms with Crippen LogP contribution < -0.4 is 20.5 Å². The molecule has 0 bridgehead atoms. The van der Waals surface area contributed by atoms with E-state index in [2.05, 4.69) is 22.4 Å². The number of fused-ring (bicyclic) bond motifs is 3. The van der Waals surface area contributed by atoms with Gasteiger partial charge in [-0.25, -0.2) is 4.98 Å². The van der Waals surface area contributed by atoms with Gasteiger partial charge in [-0.1, -0.05) is 18.2 Å². The third kappa shape index (κ3) is 3.52. The zero-order valence-corrected chi connectivity index (χ0v) is 18.6. The minimum Gasteiger partial charge on any atom is -0.493 e. The summed E-state index contributed by atoms with van der Waals surface area (Å²) in [5, 5.41) is 16.9. The van der Waals surface area contributed by atoms with Crippen molar-refractivity contribution in [3.63, 3.8) is 0 Å². The number of hydrogen-bond donors (Lipinski definition) is 4. The van der Waals surface area contributed by atoms with Gasteiger partial charge in [-0.3, -0.25) is 5.32 Å². The van der Waals surface area contributed by atoms with Crippen molar-refractivity contribution in [1.82, 2.24) is 15.3 Å². The lowest BCUT2D eigenvalue weighted by Crippen LogP contribution is -2.23. The number of nitrogens with one attached hydrogen (secondary N) is 2. The van der Waals surface area contributed by atoms with Crippen molar-refractivity contribution in [2.75, 3.05) is 26.5 Å². The van der Waals surface area contributed by atoms with Gasteiger partial charge in [0, 0.05) is 40.5 Å². The van der Waals surface area contributed by atoms with Crippen LogP contribution in [-0.2, 0) is 6.42 Å². The molecule has 5 rings (SSSR count). The molecule has 0 radical (unpaired) electrons. The standard InChI is InChI=1S/C24H24N4O3S/c1-30-19-10-14-9-16-21(25)22(32-24(16)28-18(14)11-20(19)31-2)23(29)26-8-7-13-12-27-17-6-4-3-5-15(13)17/h3-6,9-12,23,26-27,29H,7-8,25H2,1-2H3. The number of aromatic nitrogens is 2. The number of rotatable bonds is 7. The van der Waals surface area contributed by atoms with Crippen LogP contribution >= 0.6 is 11.3 Å². The van der Waals surface area contributed by atoms with E-state index in [0.29, 0.717) is 28.6 Å². The van der Waals surface area contributed by atoms with E-state index in [0.717, 1.165) is 33.1 Å². The average Bonchev–Trinajstić information content (AvgIpc) is 3.37. The van der Waals surface area contributed by atoms with Gasteiger partial charge in [0.25, 0.3) is 0 Å². The minimum atomic E-state index is -0.869. The smallest absolute Gasteiger partial charge is 0.162 e. The van der Waals surface area contributed by atoms with Gasteiger partial charge in [-0.2, -0.15) is 0 Å². The zero-order valence-electron chi connectivity index (χ0n) is 17.8. The summed E-state index contributed by atoms with van der Waals surface area (Å²) in [6.45, 7) is 0.612. The number of nitrogens with two attached hydrogens (primary N) is 1. The maximum absolute atomic E-state index is 10.8. The van der Waals surface area contributed by atoms with Crippen LogP contribution in [0, 0.1) is 0 Å². The van der Waals surface area contributed by atoms with Crippen molar-refractivity contribution in [2.24, 2.45) is 0 Å². The Morgan fingerprint density at radius 3 is 2.72 bits per heavy atom.